The van der Waals surface area contributed by atoms with Crippen molar-refractivity contribution in [3.8, 4) is 5.75 Å². The number of nitrogen functional groups attached to an aromatic ring is 1. The number of carbonyl (C=O) groups is 1. The van der Waals surface area contributed by atoms with Crippen molar-refractivity contribution in [1.82, 2.24) is 10.2 Å². The van der Waals surface area contributed by atoms with Gasteiger partial charge in [-0.15, -0.1) is 0 Å². The number of amidine groups is 1. The van der Waals surface area contributed by atoms with Crippen LogP contribution in [0.5, 0.6) is 5.75 Å². The molecule has 3 fully saturated rings. The predicted octanol–water partition coefficient (Wildman–Crippen LogP) is 2.00. The van der Waals surface area contributed by atoms with Gasteiger partial charge in [-0.2, -0.15) is 0 Å². The second-order valence-electron chi connectivity index (χ2n) is 9.72. The lowest BCUT2D eigenvalue weighted by atomic mass is 9.77. The number of ether oxygens (including phenoxy) is 1. The first kappa shape index (κ1) is 20.3. The minimum atomic E-state index is -0.339. The number of piperidine rings is 1. The Morgan fingerprint density at radius 3 is 2.68 bits per heavy atom. The van der Waals surface area contributed by atoms with E-state index in [1.165, 1.54) is 0 Å². The Morgan fingerprint density at radius 2 is 2.00 bits per heavy atom. The van der Waals surface area contributed by atoms with E-state index in [2.05, 4.69) is 27.1 Å². The van der Waals surface area contributed by atoms with Crippen molar-refractivity contribution in [3.05, 3.63) is 23.8 Å². The molecule has 5 rings (SSSR count). The zero-order valence-electron chi connectivity index (χ0n) is 18.1. The summed E-state index contributed by atoms with van der Waals surface area (Å²) in [4.78, 5) is 23.7. The first-order valence-electron chi connectivity index (χ1n) is 11.3. The van der Waals surface area contributed by atoms with Gasteiger partial charge in [-0.1, -0.05) is 0 Å². The third-order valence-corrected chi connectivity index (χ3v) is 7.46. The maximum absolute atomic E-state index is 12.3. The monoisotopic (exact) mass is 424 g/mol. The van der Waals surface area contributed by atoms with E-state index < -0.39 is 0 Å². The number of aliphatic imine (C=N–C) groups is 2. The summed E-state index contributed by atoms with van der Waals surface area (Å²) in [5.41, 5.74) is 14.2. The summed E-state index contributed by atoms with van der Waals surface area (Å²) in [6, 6.07) is 5.28. The number of likely N-dealkylation sites (tertiary alicyclic amines) is 1. The van der Waals surface area contributed by atoms with Gasteiger partial charge in [0.1, 0.15) is 23.5 Å². The number of anilines is 1. The van der Waals surface area contributed by atoms with Crippen molar-refractivity contribution in [1.29, 1.82) is 0 Å². The Balaban J connectivity index is 1.25. The molecule has 31 heavy (non-hydrogen) atoms. The third kappa shape index (κ3) is 3.89. The molecule has 1 aliphatic carbocycles. The Bertz CT molecular complexity index is 930. The Labute approximate surface area is 183 Å². The standard InChI is InChI=1S/C23H32N6O2/c1-22(4-5-22)31-15-2-3-17(24)16(12-15)20(25)18-13-19(28-14-27-18)29-10-7-23(8-11-29)6-9-26-21(23)30/h2-3,12,14,18,20H,4-11,13,24-25H2,1H3,(H,26,30). The summed E-state index contributed by atoms with van der Waals surface area (Å²) in [5, 5.41) is 2.99. The van der Waals surface area contributed by atoms with Crippen LogP contribution in [0.2, 0.25) is 0 Å². The molecule has 0 aromatic heterocycles. The van der Waals surface area contributed by atoms with E-state index >= 15 is 0 Å². The number of hydrogen-bond donors (Lipinski definition) is 3. The number of benzene rings is 1. The van der Waals surface area contributed by atoms with Crippen LogP contribution in [0.4, 0.5) is 5.69 Å². The van der Waals surface area contributed by atoms with Crippen LogP contribution in [0.3, 0.4) is 0 Å². The van der Waals surface area contributed by atoms with Crippen molar-refractivity contribution in [2.45, 2.75) is 63.1 Å². The predicted molar refractivity (Wildman–Crippen MR) is 121 cm³/mol. The van der Waals surface area contributed by atoms with Gasteiger partial charge in [0.15, 0.2) is 0 Å². The molecule has 0 radical (unpaired) electrons. The van der Waals surface area contributed by atoms with E-state index in [1.807, 2.05) is 18.2 Å². The van der Waals surface area contributed by atoms with Crippen LogP contribution in [0, 0.1) is 5.41 Å². The molecule has 8 nitrogen and oxygen atoms in total. The number of nitrogens with one attached hydrogen (secondary N) is 1. The molecule has 4 aliphatic rings. The second-order valence-corrected chi connectivity index (χ2v) is 9.72. The first-order valence-corrected chi connectivity index (χ1v) is 11.3. The third-order valence-electron chi connectivity index (χ3n) is 7.46. The molecule has 3 heterocycles. The molecule has 1 spiro atoms. The average molecular weight is 425 g/mol. The van der Waals surface area contributed by atoms with Crippen LogP contribution in [-0.2, 0) is 4.79 Å². The van der Waals surface area contributed by atoms with Gasteiger partial charge < -0.3 is 26.4 Å². The van der Waals surface area contributed by atoms with Crippen LogP contribution >= 0.6 is 0 Å². The fourth-order valence-electron chi connectivity index (χ4n) is 4.97. The maximum atomic E-state index is 12.3. The molecule has 8 heteroatoms. The number of amides is 1. The van der Waals surface area contributed by atoms with E-state index in [0.29, 0.717) is 12.1 Å². The fraction of sp³-hybridized carbons (Fsp3) is 0.609. The molecule has 2 unspecified atom stereocenters. The zero-order chi connectivity index (χ0) is 21.6. The number of carbonyl (C=O) groups excluding carboxylic acids is 1. The summed E-state index contributed by atoms with van der Waals surface area (Å²) in [6.07, 6.45) is 7.12. The van der Waals surface area contributed by atoms with Gasteiger partial charge in [-0.3, -0.25) is 9.79 Å². The van der Waals surface area contributed by atoms with Crippen molar-refractivity contribution in [2.24, 2.45) is 21.1 Å². The van der Waals surface area contributed by atoms with Gasteiger partial charge in [-0.25, -0.2) is 4.99 Å². The van der Waals surface area contributed by atoms with E-state index in [9.17, 15) is 4.79 Å². The van der Waals surface area contributed by atoms with E-state index in [-0.39, 0.29) is 29.0 Å². The van der Waals surface area contributed by atoms with Gasteiger partial charge >= 0.3 is 0 Å². The van der Waals surface area contributed by atoms with Gasteiger partial charge in [0.25, 0.3) is 0 Å². The molecule has 2 atom stereocenters. The first-order chi connectivity index (χ1) is 14.9. The second kappa shape index (κ2) is 7.51. The van der Waals surface area contributed by atoms with Crippen LogP contribution in [0.15, 0.2) is 28.2 Å². The van der Waals surface area contributed by atoms with Gasteiger partial charge in [0.05, 0.1) is 17.5 Å². The van der Waals surface area contributed by atoms with Crippen LogP contribution in [-0.4, -0.2) is 54.3 Å². The molecule has 0 bridgehead atoms. The van der Waals surface area contributed by atoms with Gasteiger partial charge in [0, 0.05) is 31.7 Å². The highest BCUT2D eigenvalue weighted by molar-refractivity contribution is 5.91. The van der Waals surface area contributed by atoms with Crippen LogP contribution in [0.1, 0.15) is 57.1 Å². The molecule has 1 aromatic carbocycles. The summed E-state index contributed by atoms with van der Waals surface area (Å²) in [5.74, 6) is 2.03. The highest BCUT2D eigenvalue weighted by Crippen LogP contribution is 2.41. The number of nitrogens with two attached hydrogens (primary N) is 2. The van der Waals surface area contributed by atoms with Crippen molar-refractivity contribution in [3.63, 3.8) is 0 Å². The number of hydrogen-bond acceptors (Lipinski definition) is 7. The van der Waals surface area contributed by atoms with Crippen LogP contribution < -0.4 is 21.5 Å². The molecular weight excluding hydrogens is 392 g/mol. The Kier molecular flexibility index (Phi) is 4.92. The summed E-state index contributed by atoms with van der Waals surface area (Å²) >= 11 is 0. The Hall–Kier alpha value is -2.61. The van der Waals surface area contributed by atoms with Crippen LogP contribution in [0.25, 0.3) is 0 Å². The summed E-state index contributed by atoms with van der Waals surface area (Å²) in [7, 11) is 0. The molecule has 2 saturated heterocycles. The molecule has 1 saturated carbocycles. The number of nitrogens with zero attached hydrogens (tertiary/aromatic N) is 3. The van der Waals surface area contributed by atoms with Crippen molar-refractivity contribution < 1.29 is 9.53 Å². The van der Waals surface area contributed by atoms with Gasteiger partial charge in [-0.05, 0) is 62.8 Å². The quantitative estimate of drug-likeness (QED) is 0.639. The Morgan fingerprint density at radius 1 is 1.23 bits per heavy atom. The molecule has 1 aromatic rings. The average Bonchev–Trinajstić information content (AvgIpc) is 3.41. The zero-order valence-corrected chi connectivity index (χ0v) is 18.1. The van der Waals surface area contributed by atoms with E-state index in [1.54, 1.807) is 6.34 Å². The highest BCUT2D eigenvalue weighted by atomic mass is 16.5. The molecule has 1 amide bonds. The summed E-state index contributed by atoms with van der Waals surface area (Å²) < 4.78 is 6.10. The highest BCUT2D eigenvalue weighted by Gasteiger charge is 2.45. The molecule has 166 valence electrons. The SMILES string of the molecule is CC1(Oc2ccc(N)c(C(N)C3CC(N4CCC5(CCNC5=O)CC4)=NC=N3)c2)CC1. The van der Waals surface area contributed by atoms with Crippen molar-refractivity contribution in [2.75, 3.05) is 25.4 Å². The van der Waals surface area contributed by atoms with Crippen molar-refractivity contribution >= 4 is 23.8 Å². The maximum Gasteiger partial charge on any atom is 0.226 e. The number of rotatable bonds is 4. The van der Waals surface area contributed by atoms with E-state index in [0.717, 1.165) is 68.9 Å². The smallest absolute Gasteiger partial charge is 0.226 e. The molecule has 5 N–H and O–H groups in total. The molecular formula is C23H32N6O2. The topological polar surface area (TPSA) is 118 Å². The minimum absolute atomic E-state index is 0.0534. The molecule has 3 aliphatic heterocycles. The lowest BCUT2D eigenvalue weighted by Gasteiger charge is -2.40. The lowest BCUT2D eigenvalue weighted by Crippen LogP contribution is -2.47. The minimum Gasteiger partial charge on any atom is -0.488 e. The lowest BCUT2D eigenvalue weighted by molar-refractivity contribution is -0.129. The van der Waals surface area contributed by atoms with E-state index in [4.69, 9.17) is 16.2 Å². The largest absolute Gasteiger partial charge is 0.488 e. The van der Waals surface area contributed by atoms with Gasteiger partial charge in [0.2, 0.25) is 5.91 Å². The fourth-order valence-corrected chi connectivity index (χ4v) is 4.97. The summed E-state index contributed by atoms with van der Waals surface area (Å²) in [6.45, 7) is 4.60. The normalized spacial score (nSPS) is 27.0.